The Kier molecular flexibility index (Phi) is 5.20. The molecule has 3 rings (SSSR count). The zero-order valence-corrected chi connectivity index (χ0v) is 15.0. The van der Waals surface area contributed by atoms with Crippen molar-refractivity contribution in [3.8, 4) is 0 Å². The van der Waals surface area contributed by atoms with Gasteiger partial charge < -0.3 is 9.73 Å². The van der Waals surface area contributed by atoms with Gasteiger partial charge in [-0.25, -0.2) is 0 Å². The highest BCUT2D eigenvalue weighted by Crippen LogP contribution is 2.19. The molecule has 0 saturated carbocycles. The summed E-state index contributed by atoms with van der Waals surface area (Å²) in [5.41, 5.74) is 2.14. The molecule has 0 atom stereocenters. The van der Waals surface area contributed by atoms with Gasteiger partial charge in [-0.05, 0) is 37.3 Å². The first-order chi connectivity index (χ1) is 12.5. The maximum Gasteiger partial charge on any atom is 0.374 e. The molecule has 0 bridgehead atoms. The molecule has 134 valence electrons. The van der Waals surface area contributed by atoms with E-state index in [1.807, 2.05) is 54.0 Å². The molecular weight excluding hydrogens is 352 g/mol. The van der Waals surface area contributed by atoms with Crippen LogP contribution in [0, 0.1) is 0 Å². The number of hydrogen-bond acceptors (Lipinski definition) is 4. The molecule has 0 saturated heterocycles. The van der Waals surface area contributed by atoms with Crippen molar-refractivity contribution in [3.05, 3.63) is 72.8 Å². The molecule has 0 spiro atoms. The van der Waals surface area contributed by atoms with Gasteiger partial charge in [0.25, 0.3) is 15.6 Å². The highest BCUT2D eigenvalue weighted by molar-refractivity contribution is 7.85. The van der Waals surface area contributed by atoms with E-state index < -0.39 is 10.1 Å². The van der Waals surface area contributed by atoms with Crippen LogP contribution < -0.4 is 9.88 Å². The first kappa shape index (κ1) is 17.9. The third-order valence-corrected chi connectivity index (χ3v) is 4.64. The van der Waals surface area contributed by atoms with Crippen LogP contribution in [0.1, 0.15) is 12.8 Å². The molecule has 1 heterocycles. The van der Waals surface area contributed by atoms with Gasteiger partial charge in [0.2, 0.25) is 5.58 Å². The van der Waals surface area contributed by atoms with Gasteiger partial charge in [0.05, 0.1) is 6.08 Å². The quantitative estimate of drug-likeness (QED) is 0.393. The van der Waals surface area contributed by atoms with Gasteiger partial charge in [-0.1, -0.05) is 24.3 Å². The molecule has 0 aliphatic heterocycles. The lowest BCUT2D eigenvalue weighted by atomic mass is 10.3. The van der Waals surface area contributed by atoms with E-state index in [9.17, 15) is 13.0 Å². The van der Waals surface area contributed by atoms with Crippen LogP contribution >= 0.6 is 0 Å². The van der Waals surface area contributed by atoms with Crippen molar-refractivity contribution in [1.29, 1.82) is 0 Å². The average Bonchev–Trinajstić information content (AvgIpc) is 2.98. The summed E-state index contributed by atoms with van der Waals surface area (Å²) >= 11 is 0. The van der Waals surface area contributed by atoms with Crippen molar-refractivity contribution >= 4 is 33.0 Å². The summed E-state index contributed by atoms with van der Waals surface area (Å²) in [7, 11) is -4.25. The van der Waals surface area contributed by atoms with Crippen molar-refractivity contribution in [3.63, 3.8) is 0 Å². The Morgan fingerprint density at radius 3 is 2.62 bits per heavy atom. The summed E-state index contributed by atoms with van der Waals surface area (Å²) in [6.07, 6.45) is 7.26. The van der Waals surface area contributed by atoms with E-state index in [1.54, 1.807) is 12.3 Å². The van der Waals surface area contributed by atoms with Crippen LogP contribution in [0.2, 0.25) is 0 Å². The Bertz CT molecular complexity index is 1070. The third kappa shape index (κ3) is 4.01. The number of benzene rings is 2. The van der Waals surface area contributed by atoms with Crippen molar-refractivity contribution in [2.45, 2.75) is 18.4 Å². The van der Waals surface area contributed by atoms with Gasteiger partial charge >= 0.3 is 5.89 Å². The van der Waals surface area contributed by atoms with Crippen LogP contribution in [-0.2, 0) is 16.7 Å². The first-order valence-corrected chi connectivity index (χ1v) is 9.51. The Hall–Kier alpha value is -2.90. The predicted octanol–water partition coefficient (Wildman–Crippen LogP) is 3.63. The lowest BCUT2D eigenvalue weighted by molar-refractivity contribution is -0.674. The Morgan fingerprint density at radius 2 is 1.92 bits per heavy atom. The molecular formula is C19H19N2O4S+. The zero-order valence-electron chi connectivity index (χ0n) is 14.2. The number of para-hydroxylation sites is 1. The summed E-state index contributed by atoms with van der Waals surface area (Å²) in [5.74, 6) is 0.583. The summed E-state index contributed by atoms with van der Waals surface area (Å²) in [5, 5.41) is 3.15. The summed E-state index contributed by atoms with van der Waals surface area (Å²) < 4.78 is 39.5. The minimum atomic E-state index is -4.25. The smallest absolute Gasteiger partial charge is 0.374 e. The molecule has 2 N–H and O–H groups in total. The molecule has 7 heteroatoms. The number of hydrogen-bond donors (Lipinski definition) is 2. The second-order valence-electron chi connectivity index (χ2n) is 5.52. The Labute approximate surface area is 151 Å². The number of anilines is 1. The molecule has 0 amide bonds. The van der Waals surface area contributed by atoms with E-state index in [4.69, 9.17) is 4.42 Å². The molecule has 26 heavy (non-hydrogen) atoms. The SMILES string of the molecule is CC[n+]1c(C=CC=CNc2ccccc2)oc2ccc(S(=O)(=O)O)cc21. The van der Waals surface area contributed by atoms with Gasteiger partial charge in [0, 0.05) is 18.0 Å². The minimum absolute atomic E-state index is 0.157. The Balaban J connectivity index is 1.83. The molecule has 6 nitrogen and oxygen atoms in total. The summed E-state index contributed by atoms with van der Waals surface area (Å²) in [6.45, 7) is 2.52. The van der Waals surface area contributed by atoms with Crippen LogP contribution in [0.3, 0.4) is 0 Å². The fraction of sp³-hybridized carbons (Fsp3) is 0.105. The number of rotatable bonds is 6. The fourth-order valence-electron chi connectivity index (χ4n) is 2.56. The van der Waals surface area contributed by atoms with E-state index in [-0.39, 0.29) is 4.90 Å². The van der Waals surface area contributed by atoms with Crippen LogP contribution in [0.5, 0.6) is 0 Å². The van der Waals surface area contributed by atoms with Crippen molar-refractivity contribution < 1.29 is 22.0 Å². The number of aryl methyl sites for hydroxylation is 1. The minimum Gasteiger partial charge on any atom is -0.398 e. The second-order valence-corrected chi connectivity index (χ2v) is 6.94. The second kappa shape index (κ2) is 7.55. The van der Waals surface area contributed by atoms with Crippen molar-refractivity contribution in [2.75, 3.05) is 5.32 Å². The topological polar surface area (TPSA) is 83.4 Å². The largest absolute Gasteiger partial charge is 0.398 e. The number of fused-ring (bicyclic) bond motifs is 1. The highest BCUT2D eigenvalue weighted by atomic mass is 32.2. The van der Waals surface area contributed by atoms with Gasteiger partial charge in [-0.2, -0.15) is 13.0 Å². The number of nitrogens with one attached hydrogen (secondary N) is 1. The van der Waals surface area contributed by atoms with Crippen molar-refractivity contribution in [2.24, 2.45) is 0 Å². The van der Waals surface area contributed by atoms with Gasteiger partial charge in [-0.3, -0.25) is 4.55 Å². The molecule has 0 aliphatic rings. The maximum atomic E-state index is 11.3. The summed E-state index contributed by atoms with van der Waals surface area (Å²) in [4.78, 5) is -0.157. The zero-order chi connectivity index (χ0) is 18.6. The predicted molar refractivity (Wildman–Crippen MR) is 100 cm³/mol. The standard InChI is InChI=1S/C19H18N2O4S/c1-2-21-17-14-16(26(22,23)24)11-12-18(17)25-19(21)10-6-7-13-20-15-8-4-3-5-9-15/h3-14H,2H2,1H3,(H,22,23,24)/p+1. The monoisotopic (exact) mass is 371 g/mol. The highest BCUT2D eigenvalue weighted by Gasteiger charge is 2.21. The van der Waals surface area contributed by atoms with E-state index in [0.717, 1.165) is 5.69 Å². The molecule has 0 unspecified atom stereocenters. The van der Waals surface area contributed by atoms with E-state index in [0.29, 0.717) is 23.5 Å². The van der Waals surface area contributed by atoms with Gasteiger partial charge in [0.15, 0.2) is 0 Å². The van der Waals surface area contributed by atoms with E-state index in [1.165, 1.54) is 18.2 Å². The maximum absolute atomic E-state index is 11.3. The normalized spacial score (nSPS) is 12.4. The Morgan fingerprint density at radius 1 is 1.15 bits per heavy atom. The molecule has 0 aliphatic carbocycles. The molecule has 2 aromatic carbocycles. The van der Waals surface area contributed by atoms with Crippen LogP contribution in [0.15, 0.2) is 76.2 Å². The average molecular weight is 371 g/mol. The fourth-order valence-corrected chi connectivity index (χ4v) is 3.06. The van der Waals surface area contributed by atoms with Crippen molar-refractivity contribution in [1.82, 2.24) is 0 Å². The number of oxazole rings is 1. The summed E-state index contributed by atoms with van der Waals surface area (Å²) in [6, 6.07) is 14.0. The lowest BCUT2D eigenvalue weighted by Gasteiger charge is -1.97. The number of aromatic nitrogens is 1. The number of nitrogens with zero attached hydrogens (tertiary/aromatic N) is 1. The molecule has 0 fully saturated rings. The van der Waals surface area contributed by atoms with E-state index >= 15 is 0 Å². The molecule has 1 aromatic heterocycles. The third-order valence-electron chi connectivity index (χ3n) is 3.79. The molecule has 0 radical (unpaired) electrons. The van der Waals surface area contributed by atoms with Gasteiger partial charge in [0.1, 0.15) is 11.4 Å². The van der Waals surface area contributed by atoms with Crippen LogP contribution in [0.4, 0.5) is 5.69 Å². The molecule has 3 aromatic rings. The van der Waals surface area contributed by atoms with Crippen LogP contribution in [-0.4, -0.2) is 13.0 Å². The number of allylic oxidation sites excluding steroid dienone is 2. The first-order valence-electron chi connectivity index (χ1n) is 8.07. The lowest BCUT2D eigenvalue weighted by Crippen LogP contribution is -2.33. The van der Waals surface area contributed by atoms with E-state index in [2.05, 4.69) is 5.32 Å². The van der Waals surface area contributed by atoms with Crippen LogP contribution in [0.25, 0.3) is 17.2 Å². The van der Waals surface area contributed by atoms with Gasteiger partial charge in [-0.15, -0.1) is 0 Å².